The Kier molecular flexibility index (Phi) is 6.61. The summed E-state index contributed by atoms with van der Waals surface area (Å²) in [5.74, 6) is -1.14. The third kappa shape index (κ3) is 5.59. The third-order valence-corrected chi connectivity index (χ3v) is 4.69. The fourth-order valence-corrected chi connectivity index (χ4v) is 3.34. The molecule has 1 fully saturated rings. The number of anilines is 3. The summed E-state index contributed by atoms with van der Waals surface area (Å²) in [6.07, 6.45) is 0. The Labute approximate surface area is 183 Å². The average Bonchev–Trinajstić information content (AvgIpc) is 2.66. The second-order valence-electron chi connectivity index (χ2n) is 8.00. The lowest BCUT2D eigenvalue weighted by Gasteiger charge is -2.37. The molecule has 1 saturated heterocycles. The predicted octanol–water partition coefficient (Wildman–Crippen LogP) is 3.65. The van der Waals surface area contributed by atoms with Gasteiger partial charge in [0.1, 0.15) is 22.6 Å². The fourth-order valence-electron chi connectivity index (χ4n) is 3.19. The van der Waals surface area contributed by atoms with E-state index >= 15 is 4.39 Å². The van der Waals surface area contributed by atoms with Gasteiger partial charge in [-0.3, -0.25) is 10.1 Å². The summed E-state index contributed by atoms with van der Waals surface area (Å²) < 4.78 is 20.5. The molecule has 0 aliphatic carbocycles. The van der Waals surface area contributed by atoms with Crippen LogP contribution in [0.25, 0.3) is 0 Å². The lowest BCUT2D eigenvalue weighted by molar-refractivity contribution is -0.384. The van der Waals surface area contributed by atoms with Crippen LogP contribution in [0.4, 0.5) is 27.3 Å². The number of esters is 1. The van der Waals surface area contributed by atoms with Gasteiger partial charge in [0.15, 0.2) is 0 Å². The normalized spacial score (nSPS) is 16.7. The molecule has 1 aromatic carbocycles. The second kappa shape index (κ2) is 9.03. The summed E-state index contributed by atoms with van der Waals surface area (Å²) in [7, 11) is 0. The van der Waals surface area contributed by atoms with Gasteiger partial charge < -0.3 is 20.3 Å². The Morgan fingerprint density at radius 1 is 1.39 bits per heavy atom. The first-order chi connectivity index (χ1) is 14.5. The van der Waals surface area contributed by atoms with E-state index in [1.54, 1.807) is 31.7 Å². The number of halogens is 2. The van der Waals surface area contributed by atoms with Gasteiger partial charge in [-0.15, -0.1) is 0 Å². The number of nitrogens with zero attached hydrogens (tertiary/aromatic N) is 3. The number of carbonyl (C=O) groups excluding carboxylic acids is 1. The summed E-state index contributed by atoms with van der Waals surface area (Å²) in [4.78, 5) is 28.8. The second-order valence-corrected chi connectivity index (χ2v) is 8.38. The monoisotopic (exact) mass is 451 g/mol. The molecule has 1 aliphatic rings. The number of hydrogen-bond acceptors (Lipinski definition) is 8. The van der Waals surface area contributed by atoms with Gasteiger partial charge in [-0.2, -0.15) is 0 Å². The van der Waals surface area contributed by atoms with Crippen molar-refractivity contribution in [2.75, 3.05) is 29.9 Å². The molecule has 31 heavy (non-hydrogen) atoms. The molecule has 2 aromatic rings. The van der Waals surface area contributed by atoms with Crippen LogP contribution in [0, 0.1) is 15.9 Å². The molecule has 0 amide bonds. The summed E-state index contributed by atoms with van der Waals surface area (Å²) in [5.41, 5.74) is -0.467. The minimum absolute atomic E-state index is 0.0613. The molecule has 1 unspecified atom stereocenters. The predicted molar refractivity (Wildman–Crippen MR) is 115 cm³/mol. The maximum absolute atomic E-state index is 15.0. The molecule has 1 aliphatic heterocycles. The van der Waals surface area contributed by atoms with Crippen molar-refractivity contribution in [2.45, 2.75) is 32.4 Å². The number of piperazine rings is 1. The van der Waals surface area contributed by atoms with E-state index in [1.165, 1.54) is 24.3 Å². The average molecular weight is 452 g/mol. The Morgan fingerprint density at radius 3 is 2.77 bits per heavy atom. The summed E-state index contributed by atoms with van der Waals surface area (Å²) in [5, 5.41) is 17.1. The van der Waals surface area contributed by atoms with Crippen molar-refractivity contribution in [3.63, 3.8) is 0 Å². The number of hydrogen-bond donors (Lipinski definition) is 2. The molecule has 166 valence electrons. The Balaban J connectivity index is 1.85. The minimum atomic E-state index is -0.683. The quantitative estimate of drug-likeness (QED) is 0.307. The maximum Gasteiger partial charge on any atom is 0.330 e. The molecular formula is C20H23ClFN5O4. The summed E-state index contributed by atoms with van der Waals surface area (Å²) in [6.45, 7) is 6.64. The van der Waals surface area contributed by atoms with E-state index in [0.29, 0.717) is 19.6 Å². The zero-order valence-electron chi connectivity index (χ0n) is 17.3. The Morgan fingerprint density at radius 2 is 2.13 bits per heavy atom. The molecule has 9 nitrogen and oxygen atoms in total. The highest BCUT2D eigenvalue weighted by molar-refractivity contribution is 6.29. The zero-order chi connectivity index (χ0) is 22.8. The zero-order valence-corrected chi connectivity index (χ0v) is 18.1. The summed E-state index contributed by atoms with van der Waals surface area (Å²) >= 11 is 5.83. The van der Waals surface area contributed by atoms with Crippen molar-refractivity contribution in [3.8, 4) is 0 Å². The first-order valence-electron chi connectivity index (χ1n) is 9.63. The fraction of sp³-hybridized carbons (Fsp3) is 0.400. The SMILES string of the molecule is CC(C)(C)OC(=O)C1CNCCN1c1ccc(Nc2nc(Cl)ccc2[N+](=O)[O-])cc1F. The maximum atomic E-state index is 15.0. The van der Waals surface area contributed by atoms with E-state index in [9.17, 15) is 14.9 Å². The van der Waals surface area contributed by atoms with Crippen molar-refractivity contribution >= 4 is 40.5 Å². The third-order valence-electron chi connectivity index (χ3n) is 4.48. The molecule has 0 spiro atoms. The lowest BCUT2D eigenvalue weighted by Crippen LogP contribution is -2.56. The number of rotatable bonds is 5. The standard InChI is InChI=1S/C20H23ClFN5O4/c1-20(2,3)31-19(28)16-11-23-8-9-26(16)14-5-4-12(10-13(14)22)24-18-15(27(29)30)6-7-17(21)25-18/h4-7,10,16,23H,8-9,11H2,1-3H3,(H,24,25). The van der Waals surface area contributed by atoms with Gasteiger partial charge in [0.2, 0.25) is 5.82 Å². The number of nitro groups is 1. The van der Waals surface area contributed by atoms with Gasteiger partial charge >= 0.3 is 11.7 Å². The van der Waals surface area contributed by atoms with Gasteiger partial charge in [0.05, 0.1) is 10.6 Å². The smallest absolute Gasteiger partial charge is 0.330 e. The van der Waals surface area contributed by atoms with Crippen LogP contribution in [0.5, 0.6) is 0 Å². The van der Waals surface area contributed by atoms with Crippen molar-refractivity contribution in [2.24, 2.45) is 0 Å². The highest BCUT2D eigenvalue weighted by Crippen LogP contribution is 2.31. The van der Waals surface area contributed by atoms with Gasteiger partial charge in [-0.25, -0.2) is 14.2 Å². The molecule has 2 heterocycles. The van der Waals surface area contributed by atoms with Crippen molar-refractivity contribution in [1.82, 2.24) is 10.3 Å². The van der Waals surface area contributed by atoms with Crippen LogP contribution in [-0.4, -0.2) is 47.2 Å². The molecule has 11 heteroatoms. The molecule has 3 rings (SSSR count). The van der Waals surface area contributed by atoms with E-state index in [0.717, 1.165) is 0 Å². The van der Waals surface area contributed by atoms with Gasteiger partial charge in [0.25, 0.3) is 0 Å². The van der Waals surface area contributed by atoms with E-state index in [2.05, 4.69) is 15.6 Å². The highest BCUT2D eigenvalue weighted by Gasteiger charge is 2.33. The number of aromatic nitrogens is 1. The Bertz CT molecular complexity index is 998. The molecule has 0 bridgehead atoms. The van der Waals surface area contributed by atoms with Gasteiger partial charge in [-0.05, 0) is 45.0 Å². The van der Waals surface area contributed by atoms with Gasteiger partial charge in [0, 0.05) is 31.4 Å². The molecule has 1 atom stereocenters. The van der Waals surface area contributed by atoms with Crippen LogP contribution < -0.4 is 15.5 Å². The van der Waals surface area contributed by atoms with Crippen molar-refractivity contribution in [1.29, 1.82) is 0 Å². The molecule has 0 radical (unpaired) electrons. The first-order valence-corrected chi connectivity index (χ1v) is 10.0. The van der Waals surface area contributed by atoms with Crippen LogP contribution in [-0.2, 0) is 9.53 Å². The summed E-state index contributed by atoms with van der Waals surface area (Å²) in [6, 6.07) is 6.09. The number of nitrogens with one attached hydrogen (secondary N) is 2. The van der Waals surface area contributed by atoms with E-state index in [-0.39, 0.29) is 28.0 Å². The van der Waals surface area contributed by atoms with Crippen LogP contribution in [0.3, 0.4) is 0 Å². The number of carbonyl (C=O) groups is 1. The Hall–Kier alpha value is -2.98. The minimum Gasteiger partial charge on any atom is -0.458 e. The molecule has 1 aromatic heterocycles. The van der Waals surface area contributed by atoms with Crippen LogP contribution in [0.15, 0.2) is 30.3 Å². The molecule has 0 saturated carbocycles. The van der Waals surface area contributed by atoms with Crippen LogP contribution >= 0.6 is 11.6 Å². The number of ether oxygens (including phenoxy) is 1. The van der Waals surface area contributed by atoms with E-state index in [4.69, 9.17) is 16.3 Å². The molecular weight excluding hydrogens is 429 g/mol. The highest BCUT2D eigenvalue weighted by atomic mass is 35.5. The number of benzene rings is 1. The number of pyridine rings is 1. The van der Waals surface area contributed by atoms with Crippen molar-refractivity contribution < 1.29 is 18.8 Å². The van der Waals surface area contributed by atoms with E-state index in [1.807, 2.05) is 0 Å². The van der Waals surface area contributed by atoms with Crippen molar-refractivity contribution in [3.05, 3.63) is 51.4 Å². The van der Waals surface area contributed by atoms with Gasteiger partial charge in [-0.1, -0.05) is 11.6 Å². The van der Waals surface area contributed by atoms with Crippen LogP contribution in [0.1, 0.15) is 20.8 Å². The first kappa shape index (κ1) is 22.7. The lowest BCUT2D eigenvalue weighted by atomic mass is 10.1. The van der Waals surface area contributed by atoms with Crippen LogP contribution in [0.2, 0.25) is 5.15 Å². The largest absolute Gasteiger partial charge is 0.458 e. The van der Waals surface area contributed by atoms with E-state index < -0.39 is 28.4 Å². The topological polar surface area (TPSA) is 110 Å². The molecule has 2 N–H and O–H groups in total.